The summed E-state index contributed by atoms with van der Waals surface area (Å²) in [6.07, 6.45) is 1.64. The number of benzene rings is 1. The largest absolute Gasteiger partial charge is 0.359 e. The van der Waals surface area contributed by atoms with Crippen molar-refractivity contribution >= 4 is 22.4 Å². The molecule has 3 heterocycles. The van der Waals surface area contributed by atoms with Crippen LogP contribution in [0.2, 0.25) is 0 Å². The van der Waals surface area contributed by atoms with Crippen molar-refractivity contribution in [2.24, 2.45) is 0 Å². The molecule has 3 aromatic rings. The molecule has 1 aliphatic rings. The summed E-state index contributed by atoms with van der Waals surface area (Å²) in [6, 6.07) is 7.52. The number of pyridine rings is 1. The van der Waals surface area contributed by atoms with Crippen LogP contribution in [-0.2, 0) is 6.54 Å². The van der Waals surface area contributed by atoms with Crippen molar-refractivity contribution in [3.8, 4) is 0 Å². The topological polar surface area (TPSA) is 69.8 Å². The molecule has 0 fully saturated rings. The molecule has 0 aliphatic carbocycles. The molecule has 1 aliphatic heterocycles. The number of rotatable bonds is 5. The molecule has 5 nitrogen and oxygen atoms in total. The zero-order valence-electron chi connectivity index (χ0n) is 15.4. The number of hydrogen-bond donors (Lipinski definition) is 3. The molecule has 0 bridgehead atoms. The fourth-order valence-corrected chi connectivity index (χ4v) is 3.41. The molecule has 1 amide bonds. The average Bonchev–Trinajstić information content (AvgIpc) is 3.21. The Kier molecular flexibility index (Phi) is 5.35. The number of aromatic amines is 1. The van der Waals surface area contributed by atoms with Crippen molar-refractivity contribution < 1.29 is 18.0 Å². The molecule has 0 saturated heterocycles. The van der Waals surface area contributed by atoms with E-state index in [0.29, 0.717) is 5.52 Å². The number of nitrogens with zero attached hydrogens (tertiary/aromatic N) is 1. The first-order valence-electron chi connectivity index (χ1n) is 9.26. The number of aromatic nitrogens is 2. The Morgan fingerprint density at radius 1 is 1.28 bits per heavy atom. The summed E-state index contributed by atoms with van der Waals surface area (Å²) in [6.45, 7) is 1.36. The van der Waals surface area contributed by atoms with Gasteiger partial charge in [0.25, 0.3) is 12.3 Å². The molecule has 0 spiro atoms. The first-order valence-corrected chi connectivity index (χ1v) is 9.26. The first kappa shape index (κ1) is 19.2. The number of halogens is 3. The van der Waals surface area contributed by atoms with Crippen molar-refractivity contribution in [1.82, 2.24) is 20.6 Å². The maximum absolute atomic E-state index is 14.2. The number of H-pyrrole nitrogens is 1. The second-order valence-electron chi connectivity index (χ2n) is 6.79. The van der Waals surface area contributed by atoms with Gasteiger partial charge in [0, 0.05) is 30.2 Å². The van der Waals surface area contributed by atoms with Gasteiger partial charge in [-0.15, -0.1) is 0 Å². The SMILES string of the molecule is O=C(NCc1cccc(C(F)F)c1F)c1nc(C2=CCNCC2)cc2cc[nH]c12. The van der Waals surface area contributed by atoms with E-state index in [1.54, 1.807) is 6.20 Å². The van der Waals surface area contributed by atoms with E-state index < -0.39 is 23.7 Å². The molecule has 8 heteroatoms. The Bertz CT molecular complexity index is 1090. The lowest BCUT2D eigenvalue weighted by atomic mass is 10.0. The van der Waals surface area contributed by atoms with Gasteiger partial charge in [-0.3, -0.25) is 4.79 Å². The number of alkyl halides is 2. The Labute approximate surface area is 165 Å². The van der Waals surface area contributed by atoms with Crippen molar-refractivity contribution in [1.29, 1.82) is 0 Å². The summed E-state index contributed by atoms with van der Waals surface area (Å²) < 4.78 is 40.0. The van der Waals surface area contributed by atoms with Gasteiger partial charge in [0.05, 0.1) is 16.8 Å². The van der Waals surface area contributed by atoms with Crippen LogP contribution in [0.3, 0.4) is 0 Å². The third-order valence-corrected chi connectivity index (χ3v) is 4.93. The van der Waals surface area contributed by atoms with Crippen LogP contribution in [-0.4, -0.2) is 29.0 Å². The zero-order valence-corrected chi connectivity index (χ0v) is 15.4. The Morgan fingerprint density at radius 2 is 2.14 bits per heavy atom. The van der Waals surface area contributed by atoms with Gasteiger partial charge in [-0.2, -0.15) is 0 Å². The molecule has 2 aromatic heterocycles. The molecular weight excluding hydrogens is 381 g/mol. The smallest absolute Gasteiger partial charge is 0.272 e. The van der Waals surface area contributed by atoms with Gasteiger partial charge in [-0.25, -0.2) is 18.2 Å². The lowest BCUT2D eigenvalue weighted by molar-refractivity contribution is 0.0947. The summed E-state index contributed by atoms with van der Waals surface area (Å²) in [7, 11) is 0. The molecule has 0 radical (unpaired) electrons. The molecule has 3 N–H and O–H groups in total. The average molecular weight is 400 g/mol. The second kappa shape index (κ2) is 8.08. The van der Waals surface area contributed by atoms with Crippen molar-refractivity contribution in [3.63, 3.8) is 0 Å². The maximum atomic E-state index is 14.2. The number of carbonyl (C=O) groups excluding carboxylic acids is 1. The van der Waals surface area contributed by atoms with Crippen LogP contribution in [0, 0.1) is 5.82 Å². The van der Waals surface area contributed by atoms with Gasteiger partial charge in [-0.05, 0) is 30.7 Å². The van der Waals surface area contributed by atoms with Crippen molar-refractivity contribution in [2.45, 2.75) is 19.4 Å². The molecule has 1 aromatic carbocycles. The van der Waals surface area contributed by atoms with E-state index >= 15 is 0 Å². The van der Waals surface area contributed by atoms with E-state index in [0.717, 1.165) is 42.2 Å². The van der Waals surface area contributed by atoms with Gasteiger partial charge in [0.15, 0.2) is 5.69 Å². The van der Waals surface area contributed by atoms with E-state index in [-0.39, 0.29) is 17.8 Å². The van der Waals surface area contributed by atoms with Gasteiger partial charge < -0.3 is 15.6 Å². The number of amides is 1. The van der Waals surface area contributed by atoms with Crippen LogP contribution in [0.4, 0.5) is 13.2 Å². The van der Waals surface area contributed by atoms with Crippen molar-refractivity contribution in [2.75, 3.05) is 13.1 Å². The lowest BCUT2D eigenvalue weighted by Gasteiger charge is -2.15. The molecule has 29 heavy (non-hydrogen) atoms. The van der Waals surface area contributed by atoms with Crippen LogP contribution in [0.25, 0.3) is 16.5 Å². The molecule has 4 rings (SSSR count). The second-order valence-corrected chi connectivity index (χ2v) is 6.79. The summed E-state index contributed by atoms with van der Waals surface area (Å²) >= 11 is 0. The maximum Gasteiger partial charge on any atom is 0.272 e. The van der Waals surface area contributed by atoms with Gasteiger partial charge >= 0.3 is 0 Å². The Hall–Kier alpha value is -3.13. The zero-order chi connectivity index (χ0) is 20.4. The quantitative estimate of drug-likeness (QED) is 0.608. The third kappa shape index (κ3) is 3.88. The minimum atomic E-state index is -2.92. The highest BCUT2D eigenvalue weighted by Crippen LogP contribution is 2.25. The first-order chi connectivity index (χ1) is 14.0. The van der Waals surface area contributed by atoms with Gasteiger partial charge in [-0.1, -0.05) is 24.3 Å². The van der Waals surface area contributed by atoms with E-state index in [9.17, 15) is 18.0 Å². The normalized spacial score (nSPS) is 14.3. The Morgan fingerprint density at radius 3 is 2.90 bits per heavy atom. The summed E-state index contributed by atoms with van der Waals surface area (Å²) in [5, 5.41) is 6.67. The summed E-state index contributed by atoms with van der Waals surface area (Å²) in [4.78, 5) is 20.3. The van der Waals surface area contributed by atoms with E-state index in [4.69, 9.17) is 0 Å². The summed E-state index contributed by atoms with van der Waals surface area (Å²) in [5.74, 6) is -1.51. The van der Waals surface area contributed by atoms with Crippen LogP contribution in [0.5, 0.6) is 0 Å². The third-order valence-electron chi connectivity index (χ3n) is 4.93. The minimum absolute atomic E-state index is 0.00361. The predicted octanol–water partition coefficient (Wildman–Crippen LogP) is 3.95. The predicted molar refractivity (Wildman–Crippen MR) is 104 cm³/mol. The van der Waals surface area contributed by atoms with Gasteiger partial charge in [0.1, 0.15) is 5.82 Å². The minimum Gasteiger partial charge on any atom is -0.359 e. The van der Waals surface area contributed by atoms with Crippen LogP contribution < -0.4 is 10.6 Å². The fourth-order valence-electron chi connectivity index (χ4n) is 3.41. The highest BCUT2D eigenvalue weighted by molar-refractivity contribution is 6.04. The fraction of sp³-hybridized carbons (Fsp3) is 0.238. The Balaban J connectivity index is 1.61. The van der Waals surface area contributed by atoms with E-state index in [2.05, 4.69) is 20.6 Å². The van der Waals surface area contributed by atoms with Crippen molar-refractivity contribution in [3.05, 3.63) is 70.9 Å². The summed E-state index contributed by atoms with van der Waals surface area (Å²) in [5.41, 5.74) is 1.85. The number of carbonyl (C=O) groups is 1. The van der Waals surface area contributed by atoms with Gasteiger partial charge in [0.2, 0.25) is 0 Å². The van der Waals surface area contributed by atoms with Crippen LogP contribution in [0.1, 0.15) is 40.2 Å². The molecule has 0 atom stereocenters. The number of fused-ring (bicyclic) bond motifs is 1. The monoisotopic (exact) mass is 400 g/mol. The molecule has 0 saturated carbocycles. The molecule has 150 valence electrons. The molecular formula is C21H19F3N4O. The van der Waals surface area contributed by atoms with Crippen LogP contribution >= 0.6 is 0 Å². The molecule has 0 unspecified atom stereocenters. The van der Waals surface area contributed by atoms with E-state index in [1.807, 2.05) is 18.2 Å². The van der Waals surface area contributed by atoms with Crippen LogP contribution in [0.15, 0.2) is 42.6 Å². The number of nitrogens with one attached hydrogen (secondary N) is 3. The highest BCUT2D eigenvalue weighted by atomic mass is 19.3. The highest BCUT2D eigenvalue weighted by Gasteiger charge is 2.19. The standard InChI is InChI=1S/C21H19F3N4O/c22-17-14(2-1-3-15(17)20(23)24)11-27-21(29)19-18-13(6-9-26-18)10-16(28-19)12-4-7-25-8-5-12/h1-4,6,9-10,20,25-26H,5,7-8,11H2,(H,27,29). The lowest BCUT2D eigenvalue weighted by Crippen LogP contribution is -2.25. The number of hydrogen-bond acceptors (Lipinski definition) is 3. The van der Waals surface area contributed by atoms with E-state index in [1.165, 1.54) is 12.1 Å².